The lowest BCUT2D eigenvalue weighted by Crippen LogP contribution is -2.16. The summed E-state index contributed by atoms with van der Waals surface area (Å²) < 4.78 is 0. The molecule has 0 fully saturated rings. The maximum absolute atomic E-state index is 12.3. The van der Waals surface area contributed by atoms with Gasteiger partial charge < -0.3 is 0 Å². The fourth-order valence-electron chi connectivity index (χ4n) is 2.54. The van der Waals surface area contributed by atoms with Crippen LogP contribution in [0.25, 0.3) is 10.4 Å². The van der Waals surface area contributed by atoms with E-state index in [-0.39, 0.29) is 5.91 Å². The van der Waals surface area contributed by atoms with Gasteiger partial charge in [0.25, 0.3) is 5.91 Å². The molecule has 0 unspecified atom stereocenters. The van der Waals surface area contributed by atoms with Crippen LogP contribution in [0.5, 0.6) is 0 Å². The Kier molecular flexibility index (Phi) is 3.16. The van der Waals surface area contributed by atoms with Crippen LogP contribution in [0.1, 0.15) is 20.9 Å². The van der Waals surface area contributed by atoms with Crippen molar-refractivity contribution in [3.8, 4) is 10.4 Å². The van der Waals surface area contributed by atoms with E-state index >= 15 is 0 Å². The van der Waals surface area contributed by atoms with E-state index in [1.807, 2.05) is 42.5 Å². The predicted octanol–water partition coefficient (Wildman–Crippen LogP) is 4.00. The topological polar surface area (TPSA) is 42.3 Å². The predicted molar refractivity (Wildman–Crippen MR) is 88.6 cm³/mol. The Labute approximate surface area is 132 Å². The highest BCUT2D eigenvalue weighted by Crippen LogP contribution is 2.34. The third kappa shape index (κ3) is 2.27. The quantitative estimate of drug-likeness (QED) is 0.718. The summed E-state index contributed by atoms with van der Waals surface area (Å²) in [6, 6.07) is 17.7. The average Bonchev–Trinajstić information content (AvgIpc) is 3.01. The van der Waals surface area contributed by atoms with Gasteiger partial charge >= 0.3 is 0 Å². The molecule has 2 aromatic heterocycles. The number of benzene rings is 1. The molecule has 22 heavy (non-hydrogen) atoms. The first-order valence-electron chi connectivity index (χ1n) is 7.03. The van der Waals surface area contributed by atoms with E-state index in [0.717, 1.165) is 32.3 Å². The Bertz CT molecular complexity index is 867. The molecule has 1 amide bonds. The summed E-state index contributed by atoms with van der Waals surface area (Å²) in [6.07, 6.45) is 2.39. The van der Waals surface area contributed by atoms with Crippen LogP contribution in [0.15, 0.2) is 65.8 Å². The normalized spacial score (nSPS) is 13.6. The summed E-state index contributed by atoms with van der Waals surface area (Å²) in [4.78, 5) is 23.0. The smallest absolute Gasteiger partial charge is 0.267 e. The van der Waals surface area contributed by atoms with E-state index in [9.17, 15) is 4.79 Å². The molecule has 3 nitrogen and oxygen atoms in total. The third-order valence-electron chi connectivity index (χ3n) is 3.62. The number of fused-ring (bicyclic) bond motifs is 1. The number of thiophene rings is 1. The van der Waals surface area contributed by atoms with E-state index in [1.54, 1.807) is 17.5 Å². The van der Waals surface area contributed by atoms with Crippen molar-refractivity contribution in [3.05, 3.63) is 76.9 Å². The van der Waals surface area contributed by atoms with Gasteiger partial charge in [-0.3, -0.25) is 9.78 Å². The largest absolute Gasteiger partial charge is 0.278 e. The number of nitrogens with zero attached hydrogens (tertiary/aromatic N) is 2. The summed E-state index contributed by atoms with van der Waals surface area (Å²) >= 11 is 1.66. The summed E-state index contributed by atoms with van der Waals surface area (Å²) in [5.74, 6) is -0.166. The molecule has 0 N–H and O–H groups in total. The Hall–Kier alpha value is -2.59. The molecule has 1 aliphatic rings. The Morgan fingerprint density at radius 3 is 2.59 bits per heavy atom. The second-order valence-electron chi connectivity index (χ2n) is 5.07. The molecular formula is C18H12N2OS. The number of amides is 1. The van der Waals surface area contributed by atoms with Gasteiger partial charge in [-0.15, -0.1) is 11.3 Å². The van der Waals surface area contributed by atoms with Crippen LogP contribution >= 0.6 is 11.3 Å². The number of aliphatic imine (C=N–C) groups is 1. The van der Waals surface area contributed by atoms with E-state index < -0.39 is 0 Å². The molecule has 4 rings (SSSR count). The van der Waals surface area contributed by atoms with Crippen LogP contribution in [0.3, 0.4) is 0 Å². The minimum atomic E-state index is -0.166. The highest BCUT2D eigenvalue weighted by Gasteiger charge is 2.24. The molecule has 0 atom stereocenters. The van der Waals surface area contributed by atoms with Gasteiger partial charge in [-0.1, -0.05) is 36.4 Å². The molecule has 0 saturated carbocycles. The van der Waals surface area contributed by atoms with Gasteiger partial charge in [-0.05, 0) is 23.8 Å². The first-order chi connectivity index (χ1) is 10.8. The zero-order valence-electron chi connectivity index (χ0n) is 11.7. The average molecular weight is 304 g/mol. The van der Waals surface area contributed by atoms with Crippen LogP contribution in [0, 0.1) is 0 Å². The minimum Gasteiger partial charge on any atom is -0.267 e. The van der Waals surface area contributed by atoms with E-state index in [4.69, 9.17) is 0 Å². The Morgan fingerprint density at radius 1 is 1.00 bits per heavy atom. The molecule has 3 aromatic rings. The maximum Gasteiger partial charge on any atom is 0.278 e. The van der Waals surface area contributed by atoms with Crippen LogP contribution in [-0.4, -0.2) is 16.6 Å². The number of aromatic nitrogens is 1. The summed E-state index contributed by atoms with van der Waals surface area (Å²) in [6.45, 7) is 0. The van der Waals surface area contributed by atoms with E-state index in [0.29, 0.717) is 6.42 Å². The lowest BCUT2D eigenvalue weighted by atomic mass is 10.0. The highest BCUT2D eigenvalue weighted by atomic mass is 32.1. The minimum absolute atomic E-state index is 0.166. The van der Waals surface area contributed by atoms with Gasteiger partial charge in [0, 0.05) is 22.4 Å². The third-order valence-corrected chi connectivity index (χ3v) is 4.81. The van der Waals surface area contributed by atoms with Crippen molar-refractivity contribution < 1.29 is 4.79 Å². The first-order valence-corrected chi connectivity index (χ1v) is 7.84. The molecule has 0 spiro atoms. The SMILES string of the molecule is O=C1N=C(c2ccccn2)Cc2sc(-c3ccccc3)cc21. The lowest BCUT2D eigenvalue weighted by molar-refractivity contribution is 0.100. The molecule has 0 saturated heterocycles. The Morgan fingerprint density at radius 2 is 1.82 bits per heavy atom. The molecule has 1 aromatic carbocycles. The molecule has 3 heterocycles. The van der Waals surface area contributed by atoms with Crippen LogP contribution in [0.4, 0.5) is 0 Å². The zero-order valence-corrected chi connectivity index (χ0v) is 12.5. The van der Waals surface area contributed by atoms with Crippen molar-refractivity contribution in [3.63, 3.8) is 0 Å². The number of rotatable bonds is 2. The van der Waals surface area contributed by atoms with Gasteiger partial charge in [0.2, 0.25) is 0 Å². The molecule has 1 aliphatic heterocycles. The summed E-state index contributed by atoms with van der Waals surface area (Å²) in [5, 5.41) is 0. The van der Waals surface area contributed by atoms with Gasteiger partial charge in [0.05, 0.1) is 17.0 Å². The molecular weight excluding hydrogens is 292 g/mol. The zero-order chi connectivity index (χ0) is 14.9. The second-order valence-corrected chi connectivity index (χ2v) is 6.21. The second kappa shape index (κ2) is 5.31. The van der Waals surface area contributed by atoms with E-state index in [2.05, 4.69) is 22.1 Å². The van der Waals surface area contributed by atoms with Crippen molar-refractivity contribution in [2.45, 2.75) is 6.42 Å². The number of hydrogen-bond acceptors (Lipinski definition) is 3. The number of pyridine rings is 1. The number of hydrogen-bond donors (Lipinski definition) is 0. The van der Waals surface area contributed by atoms with Gasteiger partial charge in [0.15, 0.2) is 0 Å². The van der Waals surface area contributed by atoms with Crippen LogP contribution in [-0.2, 0) is 6.42 Å². The Balaban J connectivity index is 1.73. The van der Waals surface area contributed by atoms with Crippen molar-refractivity contribution >= 4 is 23.0 Å². The number of carbonyl (C=O) groups excluding carboxylic acids is 1. The van der Waals surface area contributed by atoms with Crippen molar-refractivity contribution in [1.82, 2.24) is 4.98 Å². The van der Waals surface area contributed by atoms with Crippen LogP contribution in [0.2, 0.25) is 0 Å². The molecule has 4 heteroatoms. The van der Waals surface area contributed by atoms with Crippen LogP contribution < -0.4 is 0 Å². The fraction of sp³-hybridized carbons (Fsp3) is 0.0556. The van der Waals surface area contributed by atoms with Crippen molar-refractivity contribution in [1.29, 1.82) is 0 Å². The van der Waals surface area contributed by atoms with Gasteiger partial charge in [0.1, 0.15) is 0 Å². The number of carbonyl (C=O) groups is 1. The molecule has 106 valence electrons. The molecule has 0 aliphatic carbocycles. The lowest BCUT2D eigenvalue weighted by Gasteiger charge is -2.10. The monoisotopic (exact) mass is 304 g/mol. The summed E-state index contributed by atoms with van der Waals surface area (Å²) in [5.41, 5.74) is 3.38. The van der Waals surface area contributed by atoms with Gasteiger partial charge in [-0.25, -0.2) is 4.99 Å². The first kappa shape index (κ1) is 13.1. The standard InChI is InChI=1S/C18H12N2OS/c21-18-13-10-16(12-6-2-1-3-7-12)22-17(13)11-15(20-18)14-8-4-5-9-19-14/h1-10H,11H2. The van der Waals surface area contributed by atoms with Crippen molar-refractivity contribution in [2.75, 3.05) is 0 Å². The summed E-state index contributed by atoms with van der Waals surface area (Å²) in [7, 11) is 0. The maximum atomic E-state index is 12.3. The van der Waals surface area contributed by atoms with Gasteiger partial charge in [-0.2, -0.15) is 0 Å². The van der Waals surface area contributed by atoms with E-state index in [1.165, 1.54) is 0 Å². The molecule has 0 bridgehead atoms. The van der Waals surface area contributed by atoms with Crippen molar-refractivity contribution in [2.24, 2.45) is 4.99 Å². The molecule has 0 radical (unpaired) electrons. The fourth-order valence-corrected chi connectivity index (χ4v) is 3.70. The highest BCUT2D eigenvalue weighted by molar-refractivity contribution is 7.16.